The van der Waals surface area contributed by atoms with E-state index in [1.165, 1.54) is 0 Å². The molecule has 1 aliphatic rings. The van der Waals surface area contributed by atoms with Crippen LogP contribution in [-0.2, 0) is 4.79 Å². The number of benzene rings is 3. The fourth-order valence-electron chi connectivity index (χ4n) is 4.50. The molecule has 0 aromatic heterocycles. The lowest BCUT2D eigenvalue weighted by molar-refractivity contribution is -0.762. The summed E-state index contributed by atoms with van der Waals surface area (Å²) >= 11 is 0. The summed E-state index contributed by atoms with van der Waals surface area (Å²) in [7, 11) is 0. The van der Waals surface area contributed by atoms with E-state index in [0.29, 0.717) is 25.9 Å². The number of carboxylic acids is 1. The number of quaternary nitrogens is 1. The molecule has 0 N–H and O–H groups in total. The summed E-state index contributed by atoms with van der Waals surface area (Å²) in [5.41, 5.74) is 4.50. The number of para-hydroxylation sites is 1. The first-order chi connectivity index (χ1) is 17.1. The molecule has 0 fully saturated rings. The molecule has 1 atom stereocenters. The zero-order valence-electron chi connectivity index (χ0n) is 19.8. The standard InChI is InChI=1S/C30H28N2O3/c1-2-32(23-15-4-3-14-22-27(33)34)29(25-18-10-6-11-19-25)28(24-16-8-5-9-17-24)31(30(32)35)26-20-12-7-13-21-26/h5-13,16-21H,2-3,14,22-23H2,1H3. The molecule has 0 radical (unpaired) electrons. The first-order valence-electron chi connectivity index (χ1n) is 11.9. The normalized spacial score (nSPS) is 17.3. The van der Waals surface area contributed by atoms with Crippen LogP contribution in [0.3, 0.4) is 0 Å². The Balaban J connectivity index is 1.89. The number of anilines is 1. The third kappa shape index (κ3) is 4.89. The molecule has 1 aliphatic heterocycles. The highest BCUT2D eigenvalue weighted by Gasteiger charge is 2.54. The van der Waals surface area contributed by atoms with Crippen molar-refractivity contribution in [2.45, 2.75) is 26.2 Å². The summed E-state index contributed by atoms with van der Waals surface area (Å²) in [5, 5.41) is 10.7. The third-order valence-corrected chi connectivity index (χ3v) is 6.24. The number of carboxylic acid groups (broad SMARTS) is 1. The van der Waals surface area contributed by atoms with Gasteiger partial charge in [0.15, 0.2) is 12.2 Å². The first-order valence-corrected chi connectivity index (χ1v) is 11.9. The lowest BCUT2D eigenvalue weighted by Gasteiger charge is -2.30. The predicted octanol–water partition coefficient (Wildman–Crippen LogP) is 4.91. The SMILES string of the molecule is CC[N+]1(CC#CCCCC(=O)[O-])C(=O)N(c2ccccc2)C(c2ccccc2)=C1c1ccccc1. The first kappa shape index (κ1) is 24.0. The van der Waals surface area contributed by atoms with Crippen molar-refractivity contribution in [3.8, 4) is 11.8 Å². The zero-order valence-corrected chi connectivity index (χ0v) is 19.8. The quantitative estimate of drug-likeness (QED) is 0.270. The van der Waals surface area contributed by atoms with Gasteiger partial charge < -0.3 is 9.90 Å². The maximum Gasteiger partial charge on any atom is 0.434 e. The van der Waals surface area contributed by atoms with E-state index in [1.54, 1.807) is 0 Å². The molecule has 0 saturated carbocycles. The molecular weight excluding hydrogens is 436 g/mol. The van der Waals surface area contributed by atoms with Crippen molar-refractivity contribution in [1.82, 2.24) is 0 Å². The Kier molecular flexibility index (Phi) is 7.45. The highest BCUT2D eigenvalue weighted by atomic mass is 16.4. The van der Waals surface area contributed by atoms with Crippen LogP contribution in [0.1, 0.15) is 37.3 Å². The van der Waals surface area contributed by atoms with E-state index in [-0.39, 0.29) is 16.9 Å². The van der Waals surface area contributed by atoms with E-state index in [4.69, 9.17) is 0 Å². The van der Waals surface area contributed by atoms with Crippen LogP contribution in [0.25, 0.3) is 11.4 Å². The minimum Gasteiger partial charge on any atom is -0.550 e. The van der Waals surface area contributed by atoms with Crippen LogP contribution >= 0.6 is 0 Å². The van der Waals surface area contributed by atoms with Gasteiger partial charge in [0, 0.05) is 23.5 Å². The van der Waals surface area contributed by atoms with Crippen LogP contribution in [0, 0.1) is 11.8 Å². The van der Waals surface area contributed by atoms with Crippen molar-refractivity contribution in [1.29, 1.82) is 0 Å². The summed E-state index contributed by atoms with van der Waals surface area (Å²) in [6.45, 7) is 2.83. The Morgan fingerprint density at radius 3 is 2.00 bits per heavy atom. The van der Waals surface area contributed by atoms with Crippen molar-refractivity contribution in [3.05, 3.63) is 102 Å². The van der Waals surface area contributed by atoms with Crippen molar-refractivity contribution >= 4 is 29.1 Å². The molecule has 5 nitrogen and oxygen atoms in total. The van der Waals surface area contributed by atoms with Gasteiger partial charge in [-0.3, -0.25) is 0 Å². The molecule has 1 unspecified atom stereocenters. The zero-order chi connectivity index (χ0) is 24.7. The lowest BCUT2D eigenvalue weighted by Crippen LogP contribution is -2.51. The smallest absolute Gasteiger partial charge is 0.434 e. The van der Waals surface area contributed by atoms with Crippen molar-refractivity contribution in [2.75, 3.05) is 18.0 Å². The molecule has 0 spiro atoms. The van der Waals surface area contributed by atoms with Crippen LogP contribution in [0.5, 0.6) is 0 Å². The van der Waals surface area contributed by atoms with Gasteiger partial charge in [0.05, 0.1) is 12.2 Å². The third-order valence-electron chi connectivity index (χ3n) is 6.24. The Labute approximate surface area is 206 Å². The molecule has 176 valence electrons. The number of nitrogens with zero attached hydrogens (tertiary/aromatic N) is 2. The highest BCUT2D eigenvalue weighted by Crippen LogP contribution is 2.46. The number of urea groups is 1. The number of carbonyl (C=O) groups excluding carboxylic acids is 2. The number of hydrogen-bond acceptors (Lipinski definition) is 3. The molecule has 3 aromatic rings. The molecule has 35 heavy (non-hydrogen) atoms. The van der Waals surface area contributed by atoms with Crippen LogP contribution in [0.2, 0.25) is 0 Å². The molecule has 4 rings (SSSR count). The van der Waals surface area contributed by atoms with Crippen molar-refractivity contribution < 1.29 is 19.2 Å². The predicted molar refractivity (Wildman–Crippen MR) is 136 cm³/mol. The number of rotatable bonds is 8. The summed E-state index contributed by atoms with van der Waals surface area (Å²) in [5.74, 6) is 5.20. The number of unbranched alkanes of at least 4 members (excludes halogenated alkanes) is 1. The van der Waals surface area contributed by atoms with Gasteiger partial charge in [-0.1, -0.05) is 72.7 Å². The average molecular weight is 465 g/mol. The minimum atomic E-state index is -1.07. The average Bonchev–Trinajstić information content (AvgIpc) is 3.16. The minimum absolute atomic E-state index is 0.0174. The summed E-state index contributed by atoms with van der Waals surface area (Å²) < 4.78 is 0.0522. The second kappa shape index (κ2) is 10.9. The Morgan fingerprint density at radius 2 is 1.43 bits per heavy atom. The van der Waals surface area contributed by atoms with Gasteiger partial charge in [-0.2, -0.15) is 4.48 Å². The van der Waals surface area contributed by atoms with Crippen LogP contribution < -0.4 is 10.0 Å². The fourth-order valence-corrected chi connectivity index (χ4v) is 4.50. The summed E-state index contributed by atoms with van der Waals surface area (Å²) in [4.78, 5) is 26.9. The van der Waals surface area contributed by atoms with E-state index in [1.807, 2.05) is 103 Å². The van der Waals surface area contributed by atoms with Gasteiger partial charge in [0.25, 0.3) is 0 Å². The van der Waals surface area contributed by atoms with Crippen LogP contribution in [0.15, 0.2) is 91.0 Å². The maximum atomic E-state index is 14.3. The molecule has 2 amide bonds. The van der Waals surface area contributed by atoms with Crippen LogP contribution in [-0.4, -0.2) is 29.6 Å². The van der Waals surface area contributed by atoms with Gasteiger partial charge in [0.2, 0.25) is 0 Å². The molecule has 0 bridgehead atoms. The van der Waals surface area contributed by atoms with Gasteiger partial charge >= 0.3 is 6.03 Å². The Bertz CT molecular complexity index is 1270. The molecule has 3 aromatic carbocycles. The van der Waals surface area contributed by atoms with Crippen molar-refractivity contribution in [3.63, 3.8) is 0 Å². The second-order valence-electron chi connectivity index (χ2n) is 8.40. The lowest BCUT2D eigenvalue weighted by atomic mass is 10.0. The van der Waals surface area contributed by atoms with E-state index in [9.17, 15) is 14.7 Å². The molecule has 0 saturated heterocycles. The number of aliphatic carboxylic acids is 1. The Morgan fingerprint density at radius 1 is 0.857 bits per heavy atom. The molecule has 5 heteroatoms. The molecule has 1 heterocycles. The second-order valence-corrected chi connectivity index (χ2v) is 8.40. The van der Waals surface area contributed by atoms with E-state index in [2.05, 4.69) is 11.8 Å². The largest absolute Gasteiger partial charge is 0.550 e. The van der Waals surface area contributed by atoms with Gasteiger partial charge in [0.1, 0.15) is 5.70 Å². The van der Waals surface area contributed by atoms with Crippen LogP contribution in [0.4, 0.5) is 10.5 Å². The topological polar surface area (TPSA) is 60.4 Å². The van der Waals surface area contributed by atoms with E-state index in [0.717, 1.165) is 28.2 Å². The fraction of sp³-hybridized carbons (Fsp3) is 0.200. The number of hydrogen-bond donors (Lipinski definition) is 0. The molecule has 0 aliphatic carbocycles. The highest BCUT2D eigenvalue weighted by molar-refractivity contribution is 6.14. The van der Waals surface area contributed by atoms with E-state index < -0.39 is 5.97 Å². The Hall–Kier alpha value is -4.14. The summed E-state index contributed by atoms with van der Waals surface area (Å²) in [6.07, 6.45) is 0.864. The van der Waals surface area contributed by atoms with Gasteiger partial charge in [-0.05, 0) is 50.0 Å². The van der Waals surface area contributed by atoms with Crippen molar-refractivity contribution in [2.24, 2.45) is 0 Å². The number of amides is 2. The van der Waals surface area contributed by atoms with Gasteiger partial charge in [-0.15, -0.1) is 0 Å². The monoisotopic (exact) mass is 464 g/mol. The van der Waals surface area contributed by atoms with Gasteiger partial charge in [-0.25, -0.2) is 9.69 Å². The number of carbonyl (C=O) groups is 2. The van der Waals surface area contributed by atoms with E-state index >= 15 is 0 Å². The summed E-state index contributed by atoms with van der Waals surface area (Å²) in [6, 6.07) is 29.6. The maximum absolute atomic E-state index is 14.3. The molecular formula is C30H28N2O3.